The molecule has 28 heavy (non-hydrogen) atoms. The molecule has 10 heteroatoms. The first-order chi connectivity index (χ1) is 13.6. The summed E-state index contributed by atoms with van der Waals surface area (Å²) in [6.45, 7) is 0. The molecule has 0 fully saturated rings. The second-order valence-corrected chi connectivity index (χ2v) is 5.37. The average Bonchev–Trinajstić information content (AvgIpc) is 2.74. The van der Waals surface area contributed by atoms with Gasteiger partial charge in [0.15, 0.2) is 5.82 Å². The van der Waals surface area contributed by atoms with Gasteiger partial charge in [-0.25, -0.2) is 9.78 Å². The number of anilines is 2. The van der Waals surface area contributed by atoms with E-state index in [2.05, 4.69) is 30.5 Å². The van der Waals surface area contributed by atoms with Crippen molar-refractivity contribution in [3.05, 3.63) is 66.2 Å². The number of nitrogens with one attached hydrogen (secondary N) is 2. The molecule has 0 aliphatic carbocycles. The van der Waals surface area contributed by atoms with Gasteiger partial charge in [-0.2, -0.15) is 4.98 Å². The summed E-state index contributed by atoms with van der Waals surface area (Å²) in [5, 5.41) is 0. The normalized spacial score (nSPS) is 10.0. The monoisotopic (exact) mass is 380 g/mol. The van der Waals surface area contributed by atoms with Gasteiger partial charge in [-0.15, -0.1) is 0 Å². The van der Waals surface area contributed by atoms with E-state index in [4.69, 9.17) is 10.5 Å². The summed E-state index contributed by atoms with van der Waals surface area (Å²) in [6.07, 6.45) is 4.24. The summed E-state index contributed by atoms with van der Waals surface area (Å²) >= 11 is 0. The van der Waals surface area contributed by atoms with Crippen LogP contribution in [0.4, 0.5) is 11.5 Å². The number of esters is 1. The van der Waals surface area contributed by atoms with Crippen LogP contribution in [0, 0.1) is 0 Å². The molecule has 0 saturated heterocycles. The zero-order valence-electron chi connectivity index (χ0n) is 14.7. The molecule has 0 spiro atoms. The van der Waals surface area contributed by atoms with Gasteiger partial charge in [0.2, 0.25) is 5.88 Å². The molecule has 0 aliphatic rings. The second-order valence-electron chi connectivity index (χ2n) is 5.37. The minimum Gasteiger partial charge on any atom is -0.465 e. The standard InChI is InChI=1S/C18H16N6O4/c1-27-18(26)12-2-4-13(5-3-12)28-17-14(19)15(21-10-22-17)23-24-16(25)11-6-8-20-9-7-11/h2-10H,19H2,1H3,(H,24,25)(H,21,22,23). The van der Waals surface area contributed by atoms with E-state index in [0.29, 0.717) is 16.9 Å². The third-order valence-electron chi connectivity index (χ3n) is 3.57. The molecule has 0 unspecified atom stereocenters. The Kier molecular flexibility index (Phi) is 5.60. The first-order valence-corrected chi connectivity index (χ1v) is 8.01. The van der Waals surface area contributed by atoms with Crippen LogP contribution in [0.1, 0.15) is 20.7 Å². The van der Waals surface area contributed by atoms with Crippen molar-refractivity contribution in [2.75, 3.05) is 18.3 Å². The summed E-state index contributed by atoms with van der Waals surface area (Å²) in [6, 6.07) is 9.37. The maximum Gasteiger partial charge on any atom is 0.337 e. The number of benzene rings is 1. The first-order valence-electron chi connectivity index (χ1n) is 8.01. The second kappa shape index (κ2) is 8.45. The fourth-order valence-electron chi connectivity index (χ4n) is 2.14. The summed E-state index contributed by atoms with van der Waals surface area (Å²) in [7, 11) is 1.30. The van der Waals surface area contributed by atoms with E-state index in [1.165, 1.54) is 25.8 Å². The highest BCUT2D eigenvalue weighted by atomic mass is 16.5. The number of nitrogen functional groups attached to an aromatic ring is 1. The number of hydrogen-bond acceptors (Lipinski definition) is 9. The van der Waals surface area contributed by atoms with E-state index in [9.17, 15) is 9.59 Å². The third-order valence-corrected chi connectivity index (χ3v) is 3.57. The number of nitrogens with zero attached hydrogens (tertiary/aromatic N) is 3. The van der Waals surface area contributed by atoms with Gasteiger partial charge in [0.25, 0.3) is 5.91 Å². The van der Waals surface area contributed by atoms with E-state index in [-0.39, 0.29) is 23.3 Å². The number of amides is 1. The van der Waals surface area contributed by atoms with Crippen molar-refractivity contribution in [2.24, 2.45) is 0 Å². The number of carbonyl (C=O) groups excluding carboxylic acids is 2. The zero-order chi connectivity index (χ0) is 19.9. The summed E-state index contributed by atoms with van der Waals surface area (Å²) < 4.78 is 10.3. The van der Waals surface area contributed by atoms with Crippen LogP contribution < -0.4 is 21.3 Å². The molecule has 0 aliphatic heterocycles. The van der Waals surface area contributed by atoms with Crippen molar-refractivity contribution in [3.63, 3.8) is 0 Å². The highest BCUT2D eigenvalue weighted by Gasteiger charge is 2.12. The van der Waals surface area contributed by atoms with Crippen LogP contribution in [-0.4, -0.2) is 33.9 Å². The Morgan fingerprint density at radius 2 is 1.71 bits per heavy atom. The number of pyridine rings is 1. The number of ether oxygens (including phenoxy) is 2. The molecule has 0 radical (unpaired) electrons. The van der Waals surface area contributed by atoms with Gasteiger partial charge in [0, 0.05) is 18.0 Å². The fraction of sp³-hybridized carbons (Fsp3) is 0.0556. The molecule has 3 aromatic rings. The number of rotatable bonds is 6. The Labute approximate surface area is 159 Å². The number of methoxy groups -OCH3 is 1. The molecular weight excluding hydrogens is 364 g/mol. The van der Waals surface area contributed by atoms with Crippen LogP contribution in [0.25, 0.3) is 0 Å². The minimum absolute atomic E-state index is 0.0847. The van der Waals surface area contributed by atoms with Crippen LogP contribution in [0.2, 0.25) is 0 Å². The predicted octanol–water partition coefficient (Wildman–Crippen LogP) is 1.79. The van der Waals surface area contributed by atoms with E-state index in [1.807, 2.05) is 0 Å². The molecule has 3 rings (SSSR count). The van der Waals surface area contributed by atoms with Crippen molar-refractivity contribution in [2.45, 2.75) is 0 Å². The summed E-state index contributed by atoms with van der Waals surface area (Å²) in [5.41, 5.74) is 12.0. The Hall–Kier alpha value is -4.21. The van der Waals surface area contributed by atoms with Gasteiger partial charge in [-0.3, -0.25) is 20.6 Å². The molecule has 2 aromatic heterocycles. The van der Waals surface area contributed by atoms with E-state index >= 15 is 0 Å². The Morgan fingerprint density at radius 3 is 2.39 bits per heavy atom. The number of aromatic nitrogens is 3. The van der Waals surface area contributed by atoms with Crippen molar-refractivity contribution in [1.82, 2.24) is 20.4 Å². The van der Waals surface area contributed by atoms with Gasteiger partial charge >= 0.3 is 5.97 Å². The van der Waals surface area contributed by atoms with Crippen molar-refractivity contribution in [1.29, 1.82) is 0 Å². The van der Waals surface area contributed by atoms with Crippen LogP contribution in [-0.2, 0) is 4.74 Å². The van der Waals surface area contributed by atoms with Gasteiger partial charge in [-0.05, 0) is 36.4 Å². The molecule has 0 atom stereocenters. The molecule has 1 aromatic carbocycles. The zero-order valence-corrected chi connectivity index (χ0v) is 14.7. The molecule has 1 amide bonds. The van der Waals surface area contributed by atoms with Crippen LogP contribution in [0.3, 0.4) is 0 Å². The summed E-state index contributed by atoms with van der Waals surface area (Å²) in [5.74, 6) is -0.185. The van der Waals surface area contributed by atoms with Crippen molar-refractivity contribution < 1.29 is 19.1 Å². The lowest BCUT2D eigenvalue weighted by atomic mass is 10.2. The topological polar surface area (TPSA) is 141 Å². The summed E-state index contributed by atoms with van der Waals surface area (Å²) in [4.78, 5) is 35.3. The number of hydrogen-bond donors (Lipinski definition) is 3. The number of carbonyl (C=O) groups is 2. The quantitative estimate of drug-likeness (QED) is 0.431. The predicted molar refractivity (Wildman–Crippen MR) is 99.6 cm³/mol. The molecule has 4 N–H and O–H groups in total. The Bertz CT molecular complexity index is 979. The molecular formula is C18H16N6O4. The fourth-order valence-corrected chi connectivity index (χ4v) is 2.14. The van der Waals surface area contributed by atoms with Gasteiger partial charge in [0.05, 0.1) is 12.7 Å². The smallest absolute Gasteiger partial charge is 0.337 e. The average molecular weight is 380 g/mol. The molecule has 2 heterocycles. The lowest BCUT2D eigenvalue weighted by Crippen LogP contribution is -2.30. The van der Waals surface area contributed by atoms with E-state index in [0.717, 1.165) is 0 Å². The maximum atomic E-state index is 12.1. The minimum atomic E-state index is -0.454. The number of nitrogens with two attached hydrogens (primary N) is 1. The van der Waals surface area contributed by atoms with Crippen LogP contribution in [0.5, 0.6) is 11.6 Å². The maximum absolute atomic E-state index is 12.1. The number of hydrazine groups is 1. The molecule has 0 bridgehead atoms. The van der Waals surface area contributed by atoms with E-state index in [1.54, 1.807) is 36.4 Å². The molecule has 0 saturated carbocycles. The Morgan fingerprint density at radius 1 is 1.00 bits per heavy atom. The highest BCUT2D eigenvalue weighted by molar-refractivity contribution is 5.94. The van der Waals surface area contributed by atoms with Gasteiger partial charge in [-0.1, -0.05) is 0 Å². The first kappa shape index (κ1) is 18.6. The lowest BCUT2D eigenvalue weighted by Gasteiger charge is -2.12. The van der Waals surface area contributed by atoms with Gasteiger partial charge in [0.1, 0.15) is 17.8 Å². The van der Waals surface area contributed by atoms with Crippen molar-refractivity contribution in [3.8, 4) is 11.6 Å². The van der Waals surface area contributed by atoms with Gasteiger partial charge < -0.3 is 15.2 Å². The van der Waals surface area contributed by atoms with Crippen LogP contribution >= 0.6 is 0 Å². The Balaban J connectivity index is 1.69. The molecule has 10 nitrogen and oxygen atoms in total. The highest BCUT2D eigenvalue weighted by Crippen LogP contribution is 2.29. The SMILES string of the molecule is COC(=O)c1ccc(Oc2ncnc(NNC(=O)c3ccncc3)c2N)cc1. The van der Waals surface area contributed by atoms with E-state index < -0.39 is 5.97 Å². The van der Waals surface area contributed by atoms with Crippen molar-refractivity contribution >= 4 is 23.4 Å². The third kappa shape index (κ3) is 4.30. The lowest BCUT2D eigenvalue weighted by molar-refractivity contribution is 0.0600. The molecule has 142 valence electrons. The largest absolute Gasteiger partial charge is 0.465 e. The van der Waals surface area contributed by atoms with Crippen LogP contribution in [0.15, 0.2) is 55.1 Å².